The van der Waals surface area contributed by atoms with Gasteiger partial charge in [-0.3, -0.25) is 4.90 Å². The molecular weight excluding hydrogens is 230 g/mol. The van der Waals surface area contributed by atoms with E-state index in [0.29, 0.717) is 12.1 Å². The minimum absolute atomic E-state index is 0.527. The van der Waals surface area contributed by atoms with Gasteiger partial charge in [0.2, 0.25) is 0 Å². The zero-order chi connectivity index (χ0) is 12.1. The Morgan fingerprint density at radius 2 is 2.18 bits per heavy atom. The van der Waals surface area contributed by atoms with Crippen molar-refractivity contribution in [3.63, 3.8) is 0 Å². The number of morpholine rings is 1. The number of fused-ring (bicyclic) bond motifs is 1. The number of ether oxygens (including phenoxy) is 1. The Bertz CT molecular complexity index is 222. The molecule has 17 heavy (non-hydrogen) atoms. The zero-order valence-electron chi connectivity index (χ0n) is 11.1. The Labute approximate surface area is 112 Å². The lowest BCUT2D eigenvalue weighted by atomic mass is 9.89. The topological polar surface area (TPSA) is 12.5 Å². The van der Waals surface area contributed by atoms with Gasteiger partial charge in [0.15, 0.2) is 0 Å². The predicted molar refractivity (Wildman–Crippen MR) is 75.8 cm³/mol. The first kappa shape index (κ1) is 13.7. The molecule has 2 fully saturated rings. The van der Waals surface area contributed by atoms with Gasteiger partial charge in [-0.2, -0.15) is 12.6 Å². The van der Waals surface area contributed by atoms with E-state index in [1.54, 1.807) is 0 Å². The molecule has 1 heterocycles. The van der Waals surface area contributed by atoms with Crippen LogP contribution < -0.4 is 0 Å². The van der Waals surface area contributed by atoms with Gasteiger partial charge in [-0.15, -0.1) is 0 Å². The molecule has 0 aromatic carbocycles. The number of hydrogen-bond donors (Lipinski definition) is 1. The first-order valence-electron chi connectivity index (χ1n) is 7.31. The molecule has 2 rings (SSSR count). The third-order valence-electron chi connectivity index (χ3n) is 4.29. The van der Waals surface area contributed by atoms with Gasteiger partial charge in [-0.1, -0.05) is 26.2 Å². The van der Waals surface area contributed by atoms with Crippen LogP contribution in [0.25, 0.3) is 0 Å². The molecule has 2 aliphatic rings. The molecular formula is C14H27NOS. The van der Waals surface area contributed by atoms with Crippen LogP contribution in [0.4, 0.5) is 0 Å². The van der Waals surface area contributed by atoms with Crippen LogP contribution in [0, 0.1) is 5.92 Å². The van der Waals surface area contributed by atoms with Crippen LogP contribution in [0.2, 0.25) is 0 Å². The van der Waals surface area contributed by atoms with Crippen molar-refractivity contribution >= 4 is 12.6 Å². The Hall–Kier alpha value is 0.270. The highest BCUT2D eigenvalue weighted by atomic mass is 32.1. The summed E-state index contributed by atoms with van der Waals surface area (Å²) >= 11 is 4.51. The summed E-state index contributed by atoms with van der Waals surface area (Å²) in [5.41, 5.74) is 0. The largest absolute Gasteiger partial charge is 0.375 e. The van der Waals surface area contributed by atoms with Crippen molar-refractivity contribution < 1.29 is 4.74 Å². The van der Waals surface area contributed by atoms with Gasteiger partial charge in [-0.05, 0) is 30.9 Å². The molecule has 0 spiro atoms. The van der Waals surface area contributed by atoms with Gasteiger partial charge in [0, 0.05) is 19.1 Å². The molecule has 3 atom stereocenters. The van der Waals surface area contributed by atoms with Crippen LogP contribution in [0.3, 0.4) is 0 Å². The molecule has 2 nitrogen and oxygen atoms in total. The highest BCUT2D eigenvalue weighted by Gasteiger charge is 2.34. The third kappa shape index (κ3) is 3.62. The lowest BCUT2D eigenvalue weighted by molar-refractivity contribution is -0.0914. The average molecular weight is 257 g/mol. The molecule has 1 saturated carbocycles. The van der Waals surface area contributed by atoms with Gasteiger partial charge in [0.25, 0.3) is 0 Å². The monoisotopic (exact) mass is 257 g/mol. The SMILES string of the molecule is CCCC(CS)CN1CCOC2CCCCC21. The highest BCUT2D eigenvalue weighted by molar-refractivity contribution is 7.80. The van der Waals surface area contributed by atoms with Crippen molar-refractivity contribution in [1.82, 2.24) is 4.90 Å². The fourth-order valence-corrected chi connectivity index (χ4v) is 3.68. The molecule has 100 valence electrons. The van der Waals surface area contributed by atoms with E-state index in [1.807, 2.05) is 0 Å². The number of nitrogens with zero attached hydrogens (tertiary/aromatic N) is 1. The Balaban J connectivity index is 1.89. The molecule has 0 aromatic rings. The standard InChI is InChI=1S/C14H27NOS/c1-2-5-12(11-17)10-15-8-9-16-14-7-4-3-6-13(14)15/h12-14,17H,2-11H2,1H3. The van der Waals surface area contributed by atoms with Crippen LogP contribution >= 0.6 is 12.6 Å². The second kappa shape index (κ2) is 7.01. The van der Waals surface area contributed by atoms with Gasteiger partial charge >= 0.3 is 0 Å². The highest BCUT2D eigenvalue weighted by Crippen LogP contribution is 2.29. The molecule has 0 aromatic heterocycles. The van der Waals surface area contributed by atoms with Crippen LogP contribution in [0.15, 0.2) is 0 Å². The van der Waals surface area contributed by atoms with E-state index in [4.69, 9.17) is 4.74 Å². The fourth-order valence-electron chi connectivity index (χ4n) is 3.38. The summed E-state index contributed by atoms with van der Waals surface area (Å²) < 4.78 is 5.93. The minimum Gasteiger partial charge on any atom is -0.375 e. The van der Waals surface area contributed by atoms with E-state index in [-0.39, 0.29) is 0 Å². The van der Waals surface area contributed by atoms with E-state index in [0.717, 1.165) is 24.8 Å². The zero-order valence-corrected chi connectivity index (χ0v) is 12.0. The number of rotatable bonds is 5. The normalized spacial score (nSPS) is 32.1. The lowest BCUT2D eigenvalue weighted by Gasteiger charge is -2.45. The first-order valence-corrected chi connectivity index (χ1v) is 7.95. The van der Waals surface area contributed by atoms with E-state index < -0.39 is 0 Å². The van der Waals surface area contributed by atoms with Gasteiger partial charge in [0.1, 0.15) is 0 Å². The molecule has 1 aliphatic heterocycles. The summed E-state index contributed by atoms with van der Waals surface area (Å²) in [7, 11) is 0. The van der Waals surface area contributed by atoms with Crippen molar-refractivity contribution in [3.05, 3.63) is 0 Å². The summed E-state index contributed by atoms with van der Waals surface area (Å²) in [5.74, 6) is 1.80. The molecule has 0 bridgehead atoms. The summed E-state index contributed by atoms with van der Waals surface area (Å²) in [4.78, 5) is 2.70. The number of thiol groups is 1. The van der Waals surface area contributed by atoms with E-state index >= 15 is 0 Å². The van der Waals surface area contributed by atoms with E-state index in [1.165, 1.54) is 45.1 Å². The van der Waals surface area contributed by atoms with Crippen molar-refractivity contribution in [2.24, 2.45) is 5.92 Å². The smallest absolute Gasteiger partial charge is 0.0730 e. The molecule has 1 saturated heterocycles. The van der Waals surface area contributed by atoms with Crippen LogP contribution in [0.5, 0.6) is 0 Å². The van der Waals surface area contributed by atoms with Crippen molar-refractivity contribution in [2.45, 2.75) is 57.6 Å². The summed E-state index contributed by atoms with van der Waals surface area (Å²) in [6.07, 6.45) is 8.50. The van der Waals surface area contributed by atoms with Crippen LogP contribution in [0.1, 0.15) is 45.4 Å². The second-order valence-electron chi connectivity index (χ2n) is 5.59. The maximum atomic E-state index is 5.93. The third-order valence-corrected chi connectivity index (χ3v) is 4.81. The van der Waals surface area contributed by atoms with Crippen molar-refractivity contribution in [2.75, 3.05) is 25.4 Å². The van der Waals surface area contributed by atoms with Crippen molar-refractivity contribution in [3.8, 4) is 0 Å². The number of hydrogen-bond acceptors (Lipinski definition) is 3. The summed E-state index contributed by atoms with van der Waals surface area (Å²) in [6.45, 7) is 5.59. The summed E-state index contributed by atoms with van der Waals surface area (Å²) in [6, 6.07) is 0.705. The van der Waals surface area contributed by atoms with Gasteiger partial charge in [0.05, 0.1) is 12.7 Å². The lowest BCUT2D eigenvalue weighted by Crippen LogP contribution is -2.53. The van der Waals surface area contributed by atoms with E-state index in [2.05, 4.69) is 24.5 Å². The molecule has 0 N–H and O–H groups in total. The maximum absolute atomic E-state index is 5.93. The molecule has 1 aliphatic carbocycles. The second-order valence-corrected chi connectivity index (χ2v) is 5.96. The minimum atomic E-state index is 0.527. The quantitative estimate of drug-likeness (QED) is 0.760. The molecule has 3 unspecified atom stereocenters. The Morgan fingerprint density at radius 1 is 1.35 bits per heavy atom. The van der Waals surface area contributed by atoms with E-state index in [9.17, 15) is 0 Å². The predicted octanol–water partition coefficient (Wildman–Crippen LogP) is 2.98. The molecule has 0 radical (unpaired) electrons. The van der Waals surface area contributed by atoms with Gasteiger partial charge in [-0.25, -0.2) is 0 Å². The van der Waals surface area contributed by atoms with Crippen LogP contribution in [-0.4, -0.2) is 42.5 Å². The Kier molecular flexibility index (Phi) is 5.64. The maximum Gasteiger partial charge on any atom is 0.0730 e. The summed E-state index contributed by atoms with van der Waals surface area (Å²) in [5, 5.41) is 0. The fraction of sp³-hybridized carbons (Fsp3) is 1.00. The van der Waals surface area contributed by atoms with Crippen molar-refractivity contribution in [1.29, 1.82) is 0 Å². The first-order chi connectivity index (χ1) is 8.35. The van der Waals surface area contributed by atoms with Gasteiger partial charge < -0.3 is 4.74 Å². The molecule has 0 amide bonds. The molecule has 3 heteroatoms. The van der Waals surface area contributed by atoms with Crippen LogP contribution in [-0.2, 0) is 4.74 Å². The Morgan fingerprint density at radius 3 is 2.94 bits per heavy atom. The average Bonchev–Trinajstić information content (AvgIpc) is 2.38.